The summed E-state index contributed by atoms with van der Waals surface area (Å²) in [6.45, 7) is 1.86. The zero-order valence-electron chi connectivity index (χ0n) is 9.68. The van der Waals surface area contributed by atoms with Crippen molar-refractivity contribution in [2.45, 2.75) is 19.3 Å². The van der Waals surface area contributed by atoms with Gasteiger partial charge in [-0.2, -0.15) is 0 Å². The third-order valence-electron chi connectivity index (χ3n) is 3.48. The summed E-state index contributed by atoms with van der Waals surface area (Å²) >= 11 is 3.25. The lowest BCUT2D eigenvalue weighted by Gasteiger charge is -2.36. The Bertz CT molecular complexity index is 391. The van der Waals surface area contributed by atoms with Crippen molar-refractivity contribution in [3.05, 3.63) is 34.1 Å². The molecule has 1 aromatic carbocycles. The average Bonchev–Trinajstić information content (AvgIpc) is 2.34. The number of aliphatic hydroxyl groups excluding tert-OH is 1. The highest BCUT2D eigenvalue weighted by Gasteiger charge is 2.32. The van der Waals surface area contributed by atoms with E-state index in [1.807, 2.05) is 6.07 Å². The SMILES string of the molecule is OCC1(Cc2ccc(Br)cc2F)CCCNC1. The molecule has 1 atom stereocenters. The zero-order valence-corrected chi connectivity index (χ0v) is 11.3. The summed E-state index contributed by atoms with van der Waals surface area (Å²) in [4.78, 5) is 0. The number of rotatable bonds is 3. The summed E-state index contributed by atoms with van der Waals surface area (Å²) in [7, 11) is 0. The predicted molar refractivity (Wildman–Crippen MR) is 69.4 cm³/mol. The average molecular weight is 302 g/mol. The summed E-state index contributed by atoms with van der Waals surface area (Å²) in [5.74, 6) is -0.197. The molecule has 17 heavy (non-hydrogen) atoms. The maximum absolute atomic E-state index is 13.8. The smallest absolute Gasteiger partial charge is 0.127 e. The molecule has 2 rings (SSSR count). The van der Waals surface area contributed by atoms with Crippen LogP contribution >= 0.6 is 15.9 Å². The fraction of sp³-hybridized carbons (Fsp3) is 0.538. The van der Waals surface area contributed by atoms with Crippen LogP contribution in [0, 0.1) is 11.2 Å². The standard InChI is InChI=1S/C13H17BrFNO/c14-11-3-2-10(12(15)6-11)7-13(9-17)4-1-5-16-8-13/h2-3,6,16-17H,1,4-5,7-9H2. The molecule has 1 fully saturated rings. The maximum atomic E-state index is 13.8. The first-order chi connectivity index (χ1) is 8.15. The zero-order chi connectivity index (χ0) is 12.3. The number of hydrogen-bond donors (Lipinski definition) is 2. The molecule has 1 aromatic rings. The van der Waals surface area contributed by atoms with Gasteiger partial charge >= 0.3 is 0 Å². The third kappa shape index (κ3) is 3.06. The second-order valence-electron chi connectivity index (χ2n) is 4.85. The molecule has 0 amide bonds. The van der Waals surface area contributed by atoms with E-state index in [0.29, 0.717) is 12.0 Å². The number of hydrogen-bond acceptors (Lipinski definition) is 2. The van der Waals surface area contributed by atoms with E-state index >= 15 is 0 Å². The highest BCUT2D eigenvalue weighted by atomic mass is 79.9. The van der Waals surface area contributed by atoms with Gasteiger partial charge in [-0.15, -0.1) is 0 Å². The topological polar surface area (TPSA) is 32.3 Å². The van der Waals surface area contributed by atoms with E-state index < -0.39 is 0 Å². The van der Waals surface area contributed by atoms with Crippen LogP contribution in [0.2, 0.25) is 0 Å². The van der Waals surface area contributed by atoms with Gasteiger partial charge in [0.25, 0.3) is 0 Å². The minimum Gasteiger partial charge on any atom is -0.396 e. The van der Waals surface area contributed by atoms with Gasteiger partial charge in [0.05, 0.1) is 6.61 Å². The Kier molecular flexibility index (Phi) is 4.17. The molecule has 0 bridgehead atoms. The van der Waals surface area contributed by atoms with E-state index in [0.717, 1.165) is 30.4 Å². The van der Waals surface area contributed by atoms with Crippen LogP contribution in [0.15, 0.2) is 22.7 Å². The van der Waals surface area contributed by atoms with Crippen LogP contribution in [0.4, 0.5) is 4.39 Å². The van der Waals surface area contributed by atoms with Gasteiger partial charge in [-0.25, -0.2) is 4.39 Å². The van der Waals surface area contributed by atoms with E-state index in [4.69, 9.17) is 0 Å². The van der Waals surface area contributed by atoms with Crippen molar-refractivity contribution in [2.75, 3.05) is 19.7 Å². The Balaban J connectivity index is 2.17. The van der Waals surface area contributed by atoms with Crippen LogP contribution < -0.4 is 5.32 Å². The predicted octanol–water partition coefficient (Wildman–Crippen LogP) is 2.49. The Morgan fingerprint density at radius 3 is 2.88 bits per heavy atom. The largest absolute Gasteiger partial charge is 0.396 e. The molecule has 2 N–H and O–H groups in total. The monoisotopic (exact) mass is 301 g/mol. The highest BCUT2D eigenvalue weighted by molar-refractivity contribution is 9.10. The molecule has 0 spiro atoms. The fourth-order valence-electron chi connectivity index (χ4n) is 2.44. The molecule has 4 heteroatoms. The minimum absolute atomic E-state index is 0.107. The highest BCUT2D eigenvalue weighted by Crippen LogP contribution is 2.31. The third-order valence-corrected chi connectivity index (χ3v) is 3.97. The van der Waals surface area contributed by atoms with Gasteiger partial charge in [-0.05, 0) is 43.5 Å². The maximum Gasteiger partial charge on any atom is 0.127 e. The molecule has 0 aromatic heterocycles. The molecule has 1 aliphatic heterocycles. The van der Waals surface area contributed by atoms with E-state index in [9.17, 15) is 9.50 Å². The molecule has 2 nitrogen and oxygen atoms in total. The van der Waals surface area contributed by atoms with Crippen molar-refractivity contribution in [1.82, 2.24) is 5.32 Å². The molecule has 1 unspecified atom stereocenters. The lowest BCUT2D eigenvalue weighted by molar-refractivity contribution is 0.0939. The molecular weight excluding hydrogens is 285 g/mol. The van der Waals surface area contributed by atoms with Gasteiger partial charge in [0.2, 0.25) is 0 Å². The second kappa shape index (κ2) is 5.46. The van der Waals surface area contributed by atoms with Gasteiger partial charge in [-0.1, -0.05) is 22.0 Å². The number of piperidine rings is 1. The summed E-state index contributed by atoms with van der Waals surface area (Å²) in [5.41, 5.74) is 0.485. The second-order valence-corrected chi connectivity index (χ2v) is 5.77. The molecule has 0 aliphatic carbocycles. The van der Waals surface area contributed by atoms with Crippen molar-refractivity contribution in [1.29, 1.82) is 0 Å². The molecule has 1 aliphatic rings. The Hall–Kier alpha value is -0.450. The normalized spacial score (nSPS) is 24.9. The van der Waals surface area contributed by atoms with Crippen LogP contribution in [0.1, 0.15) is 18.4 Å². The number of nitrogens with one attached hydrogen (secondary N) is 1. The van der Waals surface area contributed by atoms with Crippen molar-refractivity contribution >= 4 is 15.9 Å². The van der Waals surface area contributed by atoms with Crippen LogP contribution in [-0.4, -0.2) is 24.8 Å². The van der Waals surface area contributed by atoms with Crippen molar-refractivity contribution < 1.29 is 9.50 Å². The molecule has 94 valence electrons. The van der Waals surface area contributed by atoms with Gasteiger partial charge in [0, 0.05) is 16.4 Å². The molecular formula is C13H17BrFNO. The molecule has 1 saturated heterocycles. The van der Waals surface area contributed by atoms with Crippen molar-refractivity contribution in [2.24, 2.45) is 5.41 Å². The summed E-state index contributed by atoms with van der Waals surface area (Å²) in [5, 5.41) is 12.9. The van der Waals surface area contributed by atoms with Gasteiger partial charge < -0.3 is 10.4 Å². The van der Waals surface area contributed by atoms with Crippen LogP contribution in [-0.2, 0) is 6.42 Å². The van der Waals surface area contributed by atoms with E-state index in [1.54, 1.807) is 6.07 Å². The van der Waals surface area contributed by atoms with Gasteiger partial charge in [-0.3, -0.25) is 0 Å². The van der Waals surface area contributed by atoms with E-state index in [1.165, 1.54) is 6.07 Å². The molecule has 1 heterocycles. The van der Waals surface area contributed by atoms with Gasteiger partial charge in [0.1, 0.15) is 5.82 Å². The Morgan fingerprint density at radius 1 is 1.47 bits per heavy atom. The number of benzene rings is 1. The Morgan fingerprint density at radius 2 is 2.29 bits per heavy atom. The van der Waals surface area contributed by atoms with E-state index in [2.05, 4.69) is 21.2 Å². The first-order valence-corrected chi connectivity index (χ1v) is 6.70. The molecule has 0 radical (unpaired) electrons. The van der Waals surface area contributed by atoms with E-state index in [-0.39, 0.29) is 17.8 Å². The number of halogens is 2. The fourth-order valence-corrected chi connectivity index (χ4v) is 2.77. The lowest BCUT2D eigenvalue weighted by Crippen LogP contribution is -2.44. The van der Waals surface area contributed by atoms with Crippen LogP contribution in [0.5, 0.6) is 0 Å². The lowest BCUT2D eigenvalue weighted by atomic mass is 9.76. The Labute approximate surface area is 109 Å². The van der Waals surface area contributed by atoms with Crippen molar-refractivity contribution in [3.8, 4) is 0 Å². The summed E-state index contributed by atoms with van der Waals surface area (Å²) < 4.78 is 14.5. The minimum atomic E-state index is -0.201. The quantitative estimate of drug-likeness (QED) is 0.899. The summed E-state index contributed by atoms with van der Waals surface area (Å²) in [6, 6.07) is 5.13. The first kappa shape index (κ1) is 13.0. The van der Waals surface area contributed by atoms with Crippen LogP contribution in [0.3, 0.4) is 0 Å². The molecule has 0 saturated carbocycles. The van der Waals surface area contributed by atoms with Crippen molar-refractivity contribution in [3.63, 3.8) is 0 Å². The van der Waals surface area contributed by atoms with Gasteiger partial charge in [0.15, 0.2) is 0 Å². The summed E-state index contributed by atoms with van der Waals surface area (Å²) in [6.07, 6.45) is 2.58. The van der Waals surface area contributed by atoms with Crippen LogP contribution in [0.25, 0.3) is 0 Å². The first-order valence-electron chi connectivity index (χ1n) is 5.91. The number of aliphatic hydroxyl groups is 1.